The van der Waals surface area contributed by atoms with Crippen molar-refractivity contribution in [2.75, 3.05) is 33.3 Å². The molecule has 1 aliphatic rings. The molecule has 1 aromatic heterocycles. The van der Waals surface area contributed by atoms with Crippen molar-refractivity contribution < 1.29 is 22.4 Å². The molecule has 0 atom stereocenters. The number of carbonyl (C=O) groups excluding carboxylic acids is 1. The van der Waals surface area contributed by atoms with Crippen LogP contribution in [-0.2, 0) is 21.3 Å². The minimum absolute atomic E-state index is 0.315. The van der Waals surface area contributed by atoms with Crippen molar-refractivity contribution in [3.63, 3.8) is 0 Å². The van der Waals surface area contributed by atoms with Crippen LogP contribution in [0.1, 0.15) is 21.7 Å². The van der Waals surface area contributed by atoms with Gasteiger partial charge in [-0.25, -0.2) is 13.2 Å². The number of esters is 1. The molecule has 8 heteroatoms. The molecule has 0 aliphatic carbocycles. The third-order valence-electron chi connectivity index (χ3n) is 4.51. The zero-order chi connectivity index (χ0) is 18.7. The van der Waals surface area contributed by atoms with Gasteiger partial charge in [-0.05, 0) is 25.1 Å². The fraction of sp³-hybridized carbons (Fsp3) is 0.389. The number of aryl methyl sites for hydroxylation is 1. The van der Waals surface area contributed by atoms with Gasteiger partial charge in [0.2, 0.25) is 10.0 Å². The summed E-state index contributed by atoms with van der Waals surface area (Å²) >= 11 is 0. The summed E-state index contributed by atoms with van der Waals surface area (Å²) in [4.78, 5) is 14.1. The predicted molar refractivity (Wildman–Crippen MR) is 95.3 cm³/mol. The molecule has 0 amide bonds. The van der Waals surface area contributed by atoms with E-state index in [0.29, 0.717) is 48.9 Å². The highest BCUT2D eigenvalue weighted by Crippen LogP contribution is 2.20. The number of benzene rings is 1. The van der Waals surface area contributed by atoms with Gasteiger partial charge in [0.25, 0.3) is 0 Å². The van der Waals surface area contributed by atoms with Gasteiger partial charge in [0, 0.05) is 26.2 Å². The minimum Gasteiger partial charge on any atom is -0.467 e. The largest absolute Gasteiger partial charge is 0.467 e. The fourth-order valence-electron chi connectivity index (χ4n) is 2.95. The van der Waals surface area contributed by atoms with E-state index in [1.54, 1.807) is 30.3 Å². The maximum absolute atomic E-state index is 12.7. The Morgan fingerprint density at radius 2 is 1.77 bits per heavy atom. The maximum atomic E-state index is 12.7. The van der Waals surface area contributed by atoms with Crippen LogP contribution in [0.3, 0.4) is 0 Å². The molecule has 26 heavy (non-hydrogen) atoms. The van der Waals surface area contributed by atoms with Crippen molar-refractivity contribution in [3.05, 3.63) is 53.5 Å². The second-order valence-electron chi connectivity index (χ2n) is 6.24. The molecule has 0 radical (unpaired) electrons. The average Bonchev–Trinajstić information content (AvgIpc) is 3.10. The lowest BCUT2D eigenvalue weighted by atomic mass is 10.2. The second kappa shape index (κ2) is 7.61. The molecular weight excluding hydrogens is 356 g/mol. The second-order valence-corrected chi connectivity index (χ2v) is 8.18. The zero-order valence-corrected chi connectivity index (χ0v) is 15.7. The Kier molecular flexibility index (Phi) is 5.45. The quantitative estimate of drug-likeness (QED) is 0.739. The highest BCUT2D eigenvalue weighted by atomic mass is 32.2. The van der Waals surface area contributed by atoms with Gasteiger partial charge in [-0.2, -0.15) is 4.31 Å². The van der Waals surface area contributed by atoms with Crippen molar-refractivity contribution >= 4 is 16.0 Å². The number of furan rings is 1. The van der Waals surface area contributed by atoms with Gasteiger partial charge < -0.3 is 9.15 Å². The lowest BCUT2D eigenvalue weighted by molar-refractivity contribution is 0.0595. The lowest BCUT2D eigenvalue weighted by Crippen LogP contribution is -2.48. The molecule has 0 N–H and O–H groups in total. The lowest BCUT2D eigenvalue weighted by Gasteiger charge is -2.33. The summed E-state index contributed by atoms with van der Waals surface area (Å²) in [7, 11) is -2.15. The van der Waals surface area contributed by atoms with Gasteiger partial charge >= 0.3 is 5.97 Å². The van der Waals surface area contributed by atoms with E-state index in [2.05, 4.69) is 4.90 Å². The number of ether oxygens (including phenoxy) is 1. The van der Waals surface area contributed by atoms with Gasteiger partial charge in [-0.1, -0.05) is 17.7 Å². The Morgan fingerprint density at radius 1 is 1.12 bits per heavy atom. The molecule has 0 bridgehead atoms. The van der Waals surface area contributed by atoms with Crippen LogP contribution in [0.5, 0.6) is 0 Å². The van der Waals surface area contributed by atoms with Crippen LogP contribution in [0, 0.1) is 6.92 Å². The molecule has 1 aliphatic heterocycles. The molecule has 3 rings (SSSR count). The molecule has 0 saturated carbocycles. The summed E-state index contributed by atoms with van der Waals surface area (Å²) < 4.78 is 37.1. The third kappa shape index (κ3) is 3.82. The standard InChI is InChI=1S/C18H22N2O5S/c1-14-3-5-15(6-4-14)26(22,23)20-10-8-19(9-11-20)13-17-16(7-12-25-17)18(21)24-2/h3-7,12H,8-11,13H2,1-2H3. The molecule has 1 saturated heterocycles. The third-order valence-corrected chi connectivity index (χ3v) is 6.42. The summed E-state index contributed by atoms with van der Waals surface area (Å²) in [5.74, 6) is 0.0982. The average molecular weight is 378 g/mol. The normalized spacial score (nSPS) is 16.5. The van der Waals surface area contributed by atoms with Crippen molar-refractivity contribution in [2.24, 2.45) is 0 Å². The van der Waals surface area contributed by atoms with Gasteiger partial charge in [0.05, 0.1) is 24.8 Å². The highest BCUT2D eigenvalue weighted by Gasteiger charge is 2.29. The summed E-state index contributed by atoms with van der Waals surface area (Å²) in [5, 5.41) is 0. The number of hydrogen-bond acceptors (Lipinski definition) is 6. The number of rotatable bonds is 5. The van der Waals surface area contributed by atoms with E-state index < -0.39 is 16.0 Å². The molecule has 2 aromatic rings. The Morgan fingerprint density at radius 3 is 2.38 bits per heavy atom. The van der Waals surface area contributed by atoms with E-state index in [-0.39, 0.29) is 0 Å². The summed E-state index contributed by atoms with van der Waals surface area (Å²) in [6.07, 6.45) is 1.46. The Balaban J connectivity index is 1.63. The van der Waals surface area contributed by atoms with E-state index >= 15 is 0 Å². The van der Waals surface area contributed by atoms with Crippen molar-refractivity contribution in [1.82, 2.24) is 9.21 Å². The van der Waals surface area contributed by atoms with E-state index in [4.69, 9.17) is 9.15 Å². The van der Waals surface area contributed by atoms with Crippen LogP contribution in [0.2, 0.25) is 0 Å². The molecule has 2 heterocycles. The van der Waals surface area contributed by atoms with Gasteiger partial charge in [0.1, 0.15) is 11.3 Å². The van der Waals surface area contributed by atoms with E-state index in [1.165, 1.54) is 17.7 Å². The van der Waals surface area contributed by atoms with Crippen LogP contribution < -0.4 is 0 Å². The van der Waals surface area contributed by atoms with Crippen molar-refractivity contribution in [2.45, 2.75) is 18.4 Å². The first-order chi connectivity index (χ1) is 12.4. The SMILES string of the molecule is COC(=O)c1ccoc1CN1CCN(S(=O)(=O)c2ccc(C)cc2)CC1. The molecule has 0 spiro atoms. The monoisotopic (exact) mass is 378 g/mol. The summed E-state index contributed by atoms with van der Waals surface area (Å²) in [6.45, 7) is 4.27. The number of nitrogens with zero attached hydrogens (tertiary/aromatic N) is 2. The highest BCUT2D eigenvalue weighted by molar-refractivity contribution is 7.89. The topological polar surface area (TPSA) is 80.1 Å². The van der Waals surface area contributed by atoms with Crippen molar-refractivity contribution in [3.8, 4) is 0 Å². The van der Waals surface area contributed by atoms with Gasteiger partial charge in [0.15, 0.2) is 0 Å². The van der Waals surface area contributed by atoms with Crippen LogP contribution in [0.4, 0.5) is 0 Å². The number of piperazine rings is 1. The first-order valence-corrected chi connectivity index (χ1v) is 9.79. The Hall–Kier alpha value is -2.16. The fourth-order valence-corrected chi connectivity index (χ4v) is 4.37. The number of methoxy groups -OCH3 is 1. The molecule has 7 nitrogen and oxygen atoms in total. The first kappa shape index (κ1) is 18.6. The number of hydrogen-bond donors (Lipinski definition) is 0. The maximum Gasteiger partial charge on any atom is 0.341 e. The predicted octanol–water partition coefficient (Wildman–Crippen LogP) is 1.88. The number of carbonyl (C=O) groups is 1. The van der Waals surface area contributed by atoms with Gasteiger partial charge in [-0.15, -0.1) is 0 Å². The van der Waals surface area contributed by atoms with E-state index in [1.807, 2.05) is 6.92 Å². The van der Waals surface area contributed by atoms with E-state index in [0.717, 1.165) is 5.56 Å². The van der Waals surface area contributed by atoms with Crippen LogP contribution >= 0.6 is 0 Å². The molecule has 1 fully saturated rings. The molecular formula is C18H22N2O5S. The Labute approximate surface area is 153 Å². The molecule has 140 valence electrons. The van der Waals surface area contributed by atoms with Crippen LogP contribution in [0.25, 0.3) is 0 Å². The van der Waals surface area contributed by atoms with Crippen LogP contribution in [0.15, 0.2) is 45.9 Å². The minimum atomic E-state index is -3.48. The zero-order valence-electron chi connectivity index (χ0n) is 14.8. The van der Waals surface area contributed by atoms with Crippen molar-refractivity contribution in [1.29, 1.82) is 0 Å². The molecule has 0 unspecified atom stereocenters. The van der Waals surface area contributed by atoms with Crippen LogP contribution in [-0.4, -0.2) is 56.9 Å². The number of sulfonamides is 1. The van der Waals surface area contributed by atoms with E-state index in [9.17, 15) is 13.2 Å². The summed E-state index contributed by atoms with van der Waals surface area (Å²) in [5.41, 5.74) is 1.43. The summed E-state index contributed by atoms with van der Waals surface area (Å²) in [6, 6.07) is 8.47. The smallest absolute Gasteiger partial charge is 0.341 e. The van der Waals surface area contributed by atoms with Gasteiger partial charge in [-0.3, -0.25) is 4.90 Å². The first-order valence-electron chi connectivity index (χ1n) is 8.35. The Bertz CT molecular complexity index is 865. The molecule has 1 aromatic carbocycles.